The van der Waals surface area contributed by atoms with Crippen LogP contribution in [0.5, 0.6) is 0 Å². The molecule has 0 saturated carbocycles. The highest BCUT2D eigenvalue weighted by Crippen LogP contribution is 2.41. The number of aliphatic hydroxyl groups is 1. The average molecular weight is 378 g/mol. The number of rotatable bonds is 3. The first kappa shape index (κ1) is 17.6. The molecule has 3 aromatic rings. The Balaban J connectivity index is 1.25. The van der Waals surface area contributed by atoms with Crippen LogP contribution in [0, 0.1) is 5.41 Å². The van der Waals surface area contributed by atoms with Crippen LogP contribution in [0.3, 0.4) is 0 Å². The van der Waals surface area contributed by atoms with E-state index in [1.165, 1.54) is 10.9 Å². The lowest BCUT2D eigenvalue weighted by atomic mass is 9.71. The molecule has 0 aliphatic carbocycles. The van der Waals surface area contributed by atoms with Crippen molar-refractivity contribution in [3.63, 3.8) is 0 Å². The van der Waals surface area contributed by atoms with Gasteiger partial charge in [0.25, 0.3) is 0 Å². The molecule has 2 saturated heterocycles. The van der Waals surface area contributed by atoms with Crippen molar-refractivity contribution in [2.75, 3.05) is 31.1 Å². The summed E-state index contributed by atoms with van der Waals surface area (Å²) in [6.45, 7) is 4.69. The summed E-state index contributed by atoms with van der Waals surface area (Å²) in [6.07, 6.45) is 9.76. The smallest absolute Gasteiger partial charge is 0.147 e. The second-order valence-corrected chi connectivity index (χ2v) is 8.37. The lowest BCUT2D eigenvalue weighted by Gasteiger charge is -2.49. The van der Waals surface area contributed by atoms with Crippen molar-refractivity contribution in [3.8, 4) is 0 Å². The quantitative estimate of drug-likeness (QED) is 0.756. The zero-order valence-electron chi connectivity index (χ0n) is 16.0. The fourth-order valence-corrected chi connectivity index (χ4v) is 4.90. The Hall–Kier alpha value is -2.44. The van der Waals surface area contributed by atoms with Crippen molar-refractivity contribution < 1.29 is 9.52 Å². The lowest BCUT2D eigenvalue weighted by molar-refractivity contribution is 0.0244. The van der Waals surface area contributed by atoms with Crippen LogP contribution < -0.4 is 4.90 Å². The number of anilines is 1. The average Bonchev–Trinajstić information content (AvgIpc) is 3.18. The monoisotopic (exact) mass is 378 g/mol. The van der Waals surface area contributed by atoms with Gasteiger partial charge in [-0.05, 0) is 61.5 Å². The van der Waals surface area contributed by atoms with Gasteiger partial charge in [-0.1, -0.05) is 6.07 Å². The van der Waals surface area contributed by atoms with E-state index in [0.717, 1.165) is 56.8 Å². The zero-order valence-corrected chi connectivity index (χ0v) is 16.0. The minimum Gasteiger partial charge on any atom is -0.464 e. The van der Waals surface area contributed by atoms with E-state index >= 15 is 0 Å². The van der Waals surface area contributed by atoms with Gasteiger partial charge in [0.2, 0.25) is 0 Å². The van der Waals surface area contributed by atoms with Crippen LogP contribution in [0.2, 0.25) is 0 Å². The van der Waals surface area contributed by atoms with E-state index < -0.39 is 0 Å². The number of β-amino-alcohol motifs (C(OH)–C–C–N with tert-alkyl or cyclic N) is 1. The van der Waals surface area contributed by atoms with Crippen LogP contribution in [0.15, 0.2) is 53.5 Å². The van der Waals surface area contributed by atoms with Gasteiger partial charge in [0, 0.05) is 37.4 Å². The van der Waals surface area contributed by atoms with Gasteiger partial charge >= 0.3 is 0 Å². The molecule has 0 bridgehead atoms. The zero-order chi connectivity index (χ0) is 19.0. The Morgan fingerprint density at radius 3 is 2.89 bits per heavy atom. The summed E-state index contributed by atoms with van der Waals surface area (Å²) in [7, 11) is 0. The fraction of sp³-hybridized carbons (Fsp3) is 0.455. The van der Waals surface area contributed by atoms with Gasteiger partial charge in [-0.3, -0.25) is 9.88 Å². The third-order valence-corrected chi connectivity index (χ3v) is 6.34. The SMILES string of the molecule is OC1CN(c2cnccn2)CC2(CCN(Cc3ccc4occc4c3)CC2)C1. The van der Waals surface area contributed by atoms with Crippen LogP contribution in [0.1, 0.15) is 24.8 Å². The van der Waals surface area contributed by atoms with Crippen molar-refractivity contribution in [3.05, 3.63) is 54.7 Å². The van der Waals surface area contributed by atoms with E-state index in [1.807, 2.05) is 6.07 Å². The molecule has 6 nitrogen and oxygen atoms in total. The molecule has 2 aromatic heterocycles. The number of piperidine rings is 2. The second kappa shape index (κ2) is 7.18. The van der Waals surface area contributed by atoms with E-state index in [2.05, 4.69) is 38.0 Å². The minimum absolute atomic E-state index is 0.167. The molecule has 5 rings (SSSR count). The first-order valence-electron chi connectivity index (χ1n) is 10.1. The third kappa shape index (κ3) is 3.50. The molecule has 0 radical (unpaired) electrons. The fourth-order valence-electron chi connectivity index (χ4n) is 4.90. The standard InChI is InChI=1S/C22H26N4O2/c27-19-12-22(16-26(15-19)21-13-23-6-7-24-21)4-8-25(9-5-22)14-17-1-2-20-18(11-17)3-10-28-20/h1-3,6-7,10-11,13,19,27H,4-5,8-9,12,14-16H2. The highest BCUT2D eigenvalue weighted by Gasteiger charge is 2.41. The van der Waals surface area contributed by atoms with Crippen molar-refractivity contribution >= 4 is 16.8 Å². The summed E-state index contributed by atoms with van der Waals surface area (Å²) in [5.74, 6) is 0.872. The molecule has 1 spiro atoms. The number of aliphatic hydroxyl groups excluding tert-OH is 1. The highest BCUT2D eigenvalue weighted by molar-refractivity contribution is 5.77. The minimum atomic E-state index is -0.300. The summed E-state index contributed by atoms with van der Waals surface area (Å²) in [5, 5.41) is 11.7. The Bertz CT molecular complexity index is 934. The molecule has 146 valence electrons. The van der Waals surface area contributed by atoms with Gasteiger partial charge < -0.3 is 14.4 Å². The Labute approximate surface area is 164 Å². The first-order chi connectivity index (χ1) is 13.7. The third-order valence-electron chi connectivity index (χ3n) is 6.34. The van der Waals surface area contributed by atoms with Crippen LogP contribution in [-0.2, 0) is 6.54 Å². The number of likely N-dealkylation sites (tertiary alicyclic amines) is 1. The molecule has 1 unspecified atom stereocenters. The van der Waals surface area contributed by atoms with Gasteiger partial charge in [-0.25, -0.2) is 4.98 Å². The van der Waals surface area contributed by atoms with Crippen molar-refractivity contribution in [2.45, 2.75) is 31.9 Å². The predicted octanol–water partition coefficient (Wildman–Crippen LogP) is 3.08. The molecule has 2 aliphatic rings. The molecule has 4 heterocycles. The van der Waals surface area contributed by atoms with Crippen LogP contribution in [0.4, 0.5) is 5.82 Å². The number of benzene rings is 1. The molecular weight excluding hydrogens is 352 g/mol. The Morgan fingerprint density at radius 1 is 1.18 bits per heavy atom. The van der Waals surface area contributed by atoms with Crippen molar-refractivity contribution in [2.24, 2.45) is 5.41 Å². The number of aromatic nitrogens is 2. The first-order valence-corrected chi connectivity index (χ1v) is 10.1. The van der Waals surface area contributed by atoms with E-state index in [0.29, 0.717) is 6.54 Å². The number of hydrogen-bond acceptors (Lipinski definition) is 6. The maximum Gasteiger partial charge on any atom is 0.147 e. The number of nitrogens with zero attached hydrogens (tertiary/aromatic N) is 4. The number of furan rings is 1. The van der Waals surface area contributed by atoms with Gasteiger partial charge in [0.05, 0.1) is 18.6 Å². The molecule has 2 aliphatic heterocycles. The Morgan fingerprint density at radius 2 is 2.07 bits per heavy atom. The predicted molar refractivity (Wildman–Crippen MR) is 108 cm³/mol. The normalized spacial score (nSPS) is 22.8. The van der Waals surface area contributed by atoms with E-state index in [1.54, 1.807) is 24.9 Å². The van der Waals surface area contributed by atoms with E-state index in [-0.39, 0.29) is 11.5 Å². The van der Waals surface area contributed by atoms with Gasteiger partial charge in [-0.15, -0.1) is 0 Å². The largest absolute Gasteiger partial charge is 0.464 e. The number of fused-ring (bicyclic) bond motifs is 1. The van der Waals surface area contributed by atoms with Gasteiger partial charge in [0.15, 0.2) is 0 Å². The molecule has 1 aromatic carbocycles. The van der Waals surface area contributed by atoms with Crippen LogP contribution >= 0.6 is 0 Å². The van der Waals surface area contributed by atoms with Gasteiger partial charge in [-0.2, -0.15) is 0 Å². The maximum absolute atomic E-state index is 10.5. The number of hydrogen-bond donors (Lipinski definition) is 1. The molecular formula is C22H26N4O2. The molecule has 0 amide bonds. The molecule has 6 heteroatoms. The Kier molecular flexibility index (Phi) is 4.53. The van der Waals surface area contributed by atoms with Gasteiger partial charge in [0.1, 0.15) is 11.4 Å². The summed E-state index contributed by atoms with van der Waals surface area (Å²) in [4.78, 5) is 13.4. The van der Waals surface area contributed by atoms with E-state index in [9.17, 15) is 5.11 Å². The topological polar surface area (TPSA) is 65.6 Å². The molecule has 28 heavy (non-hydrogen) atoms. The molecule has 1 N–H and O–H groups in total. The maximum atomic E-state index is 10.5. The summed E-state index contributed by atoms with van der Waals surface area (Å²) >= 11 is 0. The van der Waals surface area contributed by atoms with Crippen molar-refractivity contribution in [1.82, 2.24) is 14.9 Å². The molecule has 2 fully saturated rings. The van der Waals surface area contributed by atoms with Crippen molar-refractivity contribution in [1.29, 1.82) is 0 Å². The summed E-state index contributed by atoms with van der Waals surface area (Å²) in [6, 6.07) is 8.47. The summed E-state index contributed by atoms with van der Waals surface area (Å²) in [5.41, 5.74) is 2.44. The second-order valence-electron chi connectivity index (χ2n) is 8.37. The summed E-state index contributed by atoms with van der Waals surface area (Å²) < 4.78 is 5.44. The molecule has 1 atom stereocenters. The highest BCUT2D eigenvalue weighted by atomic mass is 16.3. The lowest BCUT2D eigenvalue weighted by Crippen LogP contribution is -2.54. The van der Waals surface area contributed by atoms with Crippen LogP contribution in [-0.4, -0.2) is 52.3 Å². The van der Waals surface area contributed by atoms with E-state index in [4.69, 9.17) is 4.42 Å². The van der Waals surface area contributed by atoms with Crippen LogP contribution in [0.25, 0.3) is 11.0 Å².